The number of hydrogen-bond donors (Lipinski definition) is 4. The molecule has 11 nitrogen and oxygen atoms in total. The van der Waals surface area contributed by atoms with E-state index in [1.807, 2.05) is 12.1 Å². The highest BCUT2D eigenvalue weighted by atomic mass is 16.7. The average Bonchev–Trinajstić information content (AvgIpc) is 3.06. The third-order valence-electron chi connectivity index (χ3n) is 10.6. The van der Waals surface area contributed by atoms with Crippen LogP contribution in [0.1, 0.15) is 60.5 Å². The van der Waals surface area contributed by atoms with Gasteiger partial charge in [0.1, 0.15) is 37.0 Å². The Morgan fingerprint density at radius 1 is 0.889 bits per heavy atom. The van der Waals surface area contributed by atoms with E-state index in [9.17, 15) is 20.4 Å². The zero-order chi connectivity index (χ0) is 31.8. The molecule has 2 aromatic carbocycles. The van der Waals surface area contributed by atoms with Crippen molar-refractivity contribution in [3.63, 3.8) is 0 Å². The van der Waals surface area contributed by atoms with E-state index >= 15 is 0 Å². The molecule has 0 saturated carbocycles. The monoisotopic (exact) mass is 628 g/mol. The van der Waals surface area contributed by atoms with Crippen molar-refractivity contribution in [1.82, 2.24) is 9.80 Å². The fourth-order valence-electron chi connectivity index (χ4n) is 7.95. The molecular formula is C34H48N2O9. The van der Waals surface area contributed by atoms with Crippen molar-refractivity contribution in [3.05, 3.63) is 52.6 Å². The third-order valence-corrected chi connectivity index (χ3v) is 10.6. The highest BCUT2D eigenvalue weighted by Crippen LogP contribution is 2.49. The lowest BCUT2D eigenvalue weighted by atomic mass is 9.72. The summed E-state index contributed by atoms with van der Waals surface area (Å²) < 4.78 is 28.5. The van der Waals surface area contributed by atoms with Crippen molar-refractivity contribution in [2.75, 3.05) is 47.8 Å². The van der Waals surface area contributed by atoms with Crippen molar-refractivity contribution in [2.24, 2.45) is 11.8 Å². The Kier molecular flexibility index (Phi) is 9.89. The molecule has 1 unspecified atom stereocenters. The molecule has 248 valence electrons. The van der Waals surface area contributed by atoms with Crippen LogP contribution in [0.3, 0.4) is 0 Å². The van der Waals surface area contributed by atoms with Gasteiger partial charge in [-0.3, -0.25) is 9.80 Å². The number of methoxy groups -OCH3 is 3. The lowest BCUT2D eigenvalue weighted by molar-refractivity contribution is -0.280. The summed E-state index contributed by atoms with van der Waals surface area (Å²) in [5.74, 6) is 2.91. The van der Waals surface area contributed by atoms with Crippen molar-refractivity contribution in [1.29, 1.82) is 0 Å². The summed E-state index contributed by atoms with van der Waals surface area (Å²) in [5.41, 5.74) is 4.77. The van der Waals surface area contributed by atoms with Gasteiger partial charge in [-0.1, -0.05) is 19.4 Å². The van der Waals surface area contributed by atoms with Gasteiger partial charge in [0.2, 0.25) is 0 Å². The third kappa shape index (κ3) is 6.29. The first-order valence-electron chi connectivity index (χ1n) is 16.1. The molecule has 0 amide bonds. The zero-order valence-corrected chi connectivity index (χ0v) is 26.7. The van der Waals surface area contributed by atoms with Crippen LogP contribution in [-0.4, -0.2) is 109 Å². The Morgan fingerprint density at radius 2 is 1.67 bits per heavy atom. The Hall–Kier alpha value is -2.48. The Bertz CT molecular complexity index is 1330. The van der Waals surface area contributed by atoms with E-state index in [0.717, 1.165) is 50.1 Å². The van der Waals surface area contributed by atoms with Crippen LogP contribution in [0.15, 0.2) is 30.3 Å². The standard InChI is InChI=1S/C34H48N2O9/c1-5-19-16-36-27(25-15-30(43-4)29(42-3)12-22(25)13-31(36)38)11-21(19)10-26-24-14-23(41-2)7-6-20(24)8-9-35(26)18-45-34-33(40)32(39)28(37)17-44-34/h6-7,12,14-15,19,21,26-28,31-34,37-40H,5,8-11,13,16-18H2,1-4H3/t19-,21-,26-,27-,28+,31?,32+,33-,34-/m0/s1. The summed E-state index contributed by atoms with van der Waals surface area (Å²) in [7, 11) is 4.97. The number of aliphatic hydroxyl groups is 4. The minimum atomic E-state index is -1.34. The molecule has 9 atom stereocenters. The van der Waals surface area contributed by atoms with Crippen LogP contribution in [0.4, 0.5) is 0 Å². The molecule has 0 radical (unpaired) electrons. The largest absolute Gasteiger partial charge is 0.497 e. The first-order valence-corrected chi connectivity index (χ1v) is 16.1. The second-order valence-corrected chi connectivity index (χ2v) is 12.9. The number of aliphatic hydroxyl groups excluding tert-OH is 4. The van der Waals surface area contributed by atoms with Crippen molar-refractivity contribution >= 4 is 0 Å². The molecule has 0 aliphatic carbocycles. The van der Waals surface area contributed by atoms with Gasteiger partial charge in [0.25, 0.3) is 0 Å². The summed E-state index contributed by atoms with van der Waals surface area (Å²) in [5, 5.41) is 41.9. The van der Waals surface area contributed by atoms with Crippen LogP contribution in [0.25, 0.3) is 0 Å². The quantitative estimate of drug-likeness (QED) is 0.326. The highest BCUT2D eigenvalue weighted by Gasteiger charge is 2.44. The smallest absolute Gasteiger partial charge is 0.187 e. The van der Waals surface area contributed by atoms with E-state index in [1.54, 1.807) is 21.3 Å². The molecule has 6 rings (SSSR count). The maximum Gasteiger partial charge on any atom is 0.187 e. The van der Waals surface area contributed by atoms with Crippen LogP contribution < -0.4 is 14.2 Å². The topological polar surface area (TPSA) is 134 Å². The molecule has 2 fully saturated rings. The Labute approximate surface area is 265 Å². The number of benzene rings is 2. The van der Waals surface area contributed by atoms with Crippen LogP contribution in [0.2, 0.25) is 0 Å². The van der Waals surface area contributed by atoms with E-state index in [0.29, 0.717) is 29.8 Å². The molecule has 11 heteroatoms. The van der Waals surface area contributed by atoms with E-state index in [4.69, 9.17) is 23.7 Å². The molecule has 0 spiro atoms. The summed E-state index contributed by atoms with van der Waals surface area (Å²) in [6.45, 7) is 3.89. The molecule has 4 heterocycles. The zero-order valence-electron chi connectivity index (χ0n) is 26.7. The van der Waals surface area contributed by atoms with Gasteiger partial charge < -0.3 is 44.1 Å². The van der Waals surface area contributed by atoms with Crippen LogP contribution in [0, 0.1) is 11.8 Å². The van der Waals surface area contributed by atoms with Crippen molar-refractivity contribution in [3.8, 4) is 17.2 Å². The molecule has 4 N–H and O–H groups in total. The highest BCUT2D eigenvalue weighted by molar-refractivity contribution is 5.50. The van der Waals surface area contributed by atoms with Crippen LogP contribution >= 0.6 is 0 Å². The fraction of sp³-hybridized carbons (Fsp3) is 0.647. The number of ether oxygens (including phenoxy) is 5. The molecule has 2 saturated heterocycles. The molecule has 4 aliphatic heterocycles. The van der Waals surface area contributed by atoms with Crippen molar-refractivity contribution < 1.29 is 44.1 Å². The van der Waals surface area contributed by atoms with Gasteiger partial charge in [-0.2, -0.15) is 0 Å². The fourth-order valence-corrected chi connectivity index (χ4v) is 7.95. The van der Waals surface area contributed by atoms with E-state index in [2.05, 4.69) is 34.9 Å². The first kappa shape index (κ1) is 32.5. The van der Waals surface area contributed by atoms with Gasteiger partial charge >= 0.3 is 0 Å². The van der Waals surface area contributed by atoms with Gasteiger partial charge in [0.05, 0.1) is 27.9 Å². The maximum absolute atomic E-state index is 11.3. The Balaban J connectivity index is 1.29. The van der Waals surface area contributed by atoms with Crippen LogP contribution in [0.5, 0.6) is 17.2 Å². The normalized spacial score (nSPS) is 33.6. The van der Waals surface area contributed by atoms with Gasteiger partial charge in [-0.25, -0.2) is 0 Å². The number of rotatable bonds is 9. The van der Waals surface area contributed by atoms with Crippen LogP contribution in [-0.2, 0) is 22.3 Å². The van der Waals surface area contributed by atoms with E-state index in [-0.39, 0.29) is 25.4 Å². The minimum absolute atomic E-state index is 0.0177. The molecule has 0 aromatic heterocycles. The minimum Gasteiger partial charge on any atom is -0.497 e. The van der Waals surface area contributed by atoms with E-state index in [1.165, 1.54) is 16.7 Å². The molecule has 2 aromatic rings. The van der Waals surface area contributed by atoms with E-state index < -0.39 is 30.8 Å². The second-order valence-electron chi connectivity index (χ2n) is 12.9. The predicted molar refractivity (Wildman–Crippen MR) is 165 cm³/mol. The molecule has 4 aliphatic rings. The molecule has 45 heavy (non-hydrogen) atoms. The van der Waals surface area contributed by atoms with Gasteiger partial charge in [-0.15, -0.1) is 0 Å². The SMILES string of the molecule is CC[C@H]1CN2C(O)Cc3cc(OC)c(OC)cc3[C@@H]2C[C@@H]1C[C@H]1c2cc(OC)ccc2CCN1CO[C@@H]1OC[C@@H](O)[C@@H](O)[C@@H]1O. The predicted octanol–water partition coefficient (Wildman–Crippen LogP) is 2.38. The Morgan fingerprint density at radius 3 is 2.40 bits per heavy atom. The number of nitrogens with zero attached hydrogens (tertiary/aromatic N) is 2. The maximum atomic E-state index is 11.3. The van der Waals surface area contributed by atoms with Gasteiger partial charge in [0, 0.05) is 31.6 Å². The van der Waals surface area contributed by atoms with Gasteiger partial charge in [-0.05, 0) is 77.6 Å². The number of piperidine rings is 1. The average molecular weight is 629 g/mol. The van der Waals surface area contributed by atoms with Crippen molar-refractivity contribution in [2.45, 2.75) is 81.9 Å². The van der Waals surface area contributed by atoms with Gasteiger partial charge in [0.15, 0.2) is 17.8 Å². The summed E-state index contributed by atoms with van der Waals surface area (Å²) in [4.78, 5) is 4.55. The number of fused-ring (bicyclic) bond motifs is 4. The molecule has 0 bridgehead atoms. The lowest BCUT2D eigenvalue weighted by Crippen LogP contribution is -2.54. The second kappa shape index (κ2) is 13.7. The summed E-state index contributed by atoms with van der Waals surface area (Å²) in [6, 6.07) is 10.5. The first-order chi connectivity index (χ1) is 21.8. The molecular weight excluding hydrogens is 580 g/mol. The summed E-state index contributed by atoms with van der Waals surface area (Å²) in [6.07, 6.45) is -1.26. The lowest BCUT2D eigenvalue weighted by Gasteiger charge is -2.50. The number of hydrogen-bond acceptors (Lipinski definition) is 11. The summed E-state index contributed by atoms with van der Waals surface area (Å²) >= 11 is 0.